The van der Waals surface area contributed by atoms with Gasteiger partial charge in [0.1, 0.15) is 0 Å². The van der Waals surface area contributed by atoms with Crippen molar-refractivity contribution in [3.63, 3.8) is 0 Å². The fourth-order valence-electron chi connectivity index (χ4n) is 11.0. The highest BCUT2D eigenvalue weighted by Crippen LogP contribution is 2.75. The van der Waals surface area contributed by atoms with Crippen LogP contribution in [0, 0.1) is 50.2 Å². The minimum absolute atomic E-state index is 0.0778. The maximum atomic E-state index is 12.9. The number of hydrogen-bond donors (Lipinski definition) is 4. The third-order valence-electron chi connectivity index (χ3n) is 13.6. The lowest BCUT2D eigenvalue weighted by Crippen LogP contribution is -2.68. The maximum absolute atomic E-state index is 12.9. The molecule has 0 aromatic heterocycles. The number of ether oxygens (including phenoxy) is 1. The van der Waals surface area contributed by atoms with E-state index in [0.29, 0.717) is 32.1 Å². The van der Waals surface area contributed by atoms with Gasteiger partial charge in [0.2, 0.25) is 0 Å². The fraction of sp³-hybridized carbons (Fsp3) is 0.871. The normalized spacial score (nSPS) is 53.9. The Labute approximate surface area is 227 Å². The Morgan fingerprint density at radius 3 is 2.24 bits per heavy atom. The molecular weight excluding hydrogens is 484 g/mol. The minimum atomic E-state index is -0.954. The molecule has 11 atom stereocenters. The van der Waals surface area contributed by atoms with E-state index in [-0.39, 0.29) is 46.6 Å². The second-order valence-corrected chi connectivity index (χ2v) is 14.9. The summed E-state index contributed by atoms with van der Waals surface area (Å²) in [6.07, 6.45) is 6.37. The number of aliphatic carboxylic acids is 1. The summed E-state index contributed by atoms with van der Waals surface area (Å²) >= 11 is 0. The first-order chi connectivity index (χ1) is 17.6. The van der Waals surface area contributed by atoms with Crippen molar-refractivity contribution in [2.75, 3.05) is 13.7 Å². The van der Waals surface area contributed by atoms with Crippen LogP contribution in [0.2, 0.25) is 0 Å². The third kappa shape index (κ3) is 3.24. The molecule has 214 valence electrons. The zero-order valence-electron chi connectivity index (χ0n) is 24.0. The first kappa shape index (κ1) is 28.1. The third-order valence-corrected chi connectivity index (χ3v) is 13.6. The van der Waals surface area contributed by atoms with Crippen molar-refractivity contribution in [3.8, 4) is 0 Å². The average molecular weight is 533 g/mol. The lowest BCUT2D eigenvalue weighted by atomic mass is 9.33. The number of esters is 1. The Balaban J connectivity index is 1.61. The number of rotatable bonds is 3. The molecule has 7 nitrogen and oxygen atoms in total. The summed E-state index contributed by atoms with van der Waals surface area (Å²) in [5, 5.41) is 43.0. The van der Waals surface area contributed by atoms with Crippen LogP contribution in [-0.2, 0) is 14.3 Å². The molecule has 5 aliphatic carbocycles. The van der Waals surface area contributed by atoms with Crippen LogP contribution >= 0.6 is 0 Å². The van der Waals surface area contributed by atoms with Gasteiger partial charge < -0.3 is 25.2 Å². The number of methoxy groups -OCH3 is 1. The molecule has 0 heterocycles. The SMILES string of the molecule is COC(=O)[C@]1(C)CC[C@]2(C(=O)O)CC[C@]3(C)C(=CC[C@@H]4[C@]5(C)C[C@H](O)[C@H](O)[C@](C)(CO)[C@@H]5CC[C@@]43C)[C@H]2C1. The van der Waals surface area contributed by atoms with E-state index in [2.05, 4.69) is 26.8 Å². The first-order valence-corrected chi connectivity index (χ1v) is 14.6. The van der Waals surface area contributed by atoms with E-state index in [1.165, 1.54) is 12.7 Å². The fourth-order valence-corrected chi connectivity index (χ4v) is 11.0. The summed E-state index contributed by atoms with van der Waals surface area (Å²) in [5.74, 6) is -0.919. The molecule has 0 aromatic rings. The molecule has 0 radical (unpaired) electrons. The molecule has 0 bridgehead atoms. The highest BCUT2D eigenvalue weighted by atomic mass is 16.5. The Morgan fingerprint density at radius 1 is 0.974 bits per heavy atom. The topological polar surface area (TPSA) is 124 Å². The molecule has 38 heavy (non-hydrogen) atoms. The van der Waals surface area contributed by atoms with E-state index in [1.807, 2.05) is 13.8 Å². The molecule has 0 amide bonds. The Bertz CT molecular complexity index is 1050. The van der Waals surface area contributed by atoms with Crippen LogP contribution in [0.1, 0.15) is 92.4 Å². The van der Waals surface area contributed by atoms with Gasteiger partial charge >= 0.3 is 11.9 Å². The van der Waals surface area contributed by atoms with Gasteiger partial charge in [0, 0.05) is 5.41 Å². The molecule has 0 aromatic carbocycles. The predicted molar refractivity (Wildman–Crippen MR) is 142 cm³/mol. The lowest BCUT2D eigenvalue weighted by molar-refractivity contribution is -0.243. The van der Waals surface area contributed by atoms with Crippen LogP contribution in [0.25, 0.3) is 0 Å². The van der Waals surface area contributed by atoms with Gasteiger partial charge in [0.05, 0.1) is 36.8 Å². The predicted octanol–water partition coefficient (Wildman–Crippen LogP) is 4.33. The average Bonchev–Trinajstić information content (AvgIpc) is 2.87. The van der Waals surface area contributed by atoms with Crippen molar-refractivity contribution < 1.29 is 34.8 Å². The number of carbonyl (C=O) groups is 2. The molecule has 4 saturated carbocycles. The van der Waals surface area contributed by atoms with Crippen molar-refractivity contribution in [3.05, 3.63) is 11.6 Å². The molecule has 0 spiro atoms. The van der Waals surface area contributed by atoms with Gasteiger partial charge in [-0.2, -0.15) is 0 Å². The van der Waals surface area contributed by atoms with E-state index in [0.717, 1.165) is 25.7 Å². The molecule has 7 heteroatoms. The van der Waals surface area contributed by atoms with E-state index in [1.54, 1.807) is 0 Å². The molecule has 4 N–H and O–H groups in total. The molecule has 4 fully saturated rings. The summed E-state index contributed by atoms with van der Waals surface area (Å²) in [6.45, 7) is 10.6. The quantitative estimate of drug-likeness (QED) is 0.315. The van der Waals surface area contributed by atoms with E-state index >= 15 is 0 Å². The van der Waals surface area contributed by atoms with Crippen LogP contribution in [0.5, 0.6) is 0 Å². The highest BCUT2D eigenvalue weighted by Gasteiger charge is 2.71. The first-order valence-electron chi connectivity index (χ1n) is 14.6. The summed E-state index contributed by atoms with van der Waals surface area (Å²) in [6, 6.07) is 0. The summed E-state index contributed by atoms with van der Waals surface area (Å²) in [4.78, 5) is 25.8. The summed E-state index contributed by atoms with van der Waals surface area (Å²) in [5.41, 5.74) is -1.76. The number of carboxylic acid groups (broad SMARTS) is 1. The zero-order chi connectivity index (χ0) is 28.1. The number of hydrogen-bond acceptors (Lipinski definition) is 6. The number of carbonyl (C=O) groups excluding carboxylic acids is 1. The van der Waals surface area contributed by atoms with Gasteiger partial charge in [0.25, 0.3) is 0 Å². The molecule has 5 aliphatic rings. The Morgan fingerprint density at radius 2 is 1.63 bits per heavy atom. The smallest absolute Gasteiger partial charge is 0.311 e. The van der Waals surface area contributed by atoms with Crippen LogP contribution in [-0.4, -0.2) is 58.3 Å². The number of fused-ring (bicyclic) bond motifs is 7. The maximum Gasteiger partial charge on any atom is 0.311 e. The molecule has 5 rings (SSSR count). The van der Waals surface area contributed by atoms with Gasteiger partial charge in [-0.3, -0.25) is 9.59 Å². The highest BCUT2D eigenvalue weighted by molar-refractivity contribution is 5.80. The summed E-state index contributed by atoms with van der Waals surface area (Å²) < 4.78 is 5.18. The summed E-state index contributed by atoms with van der Waals surface area (Å²) in [7, 11) is 1.41. The molecule has 0 unspecified atom stereocenters. The van der Waals surface area contributed by atoms with Gasteiger partial charge in [0.15, 0.2) is 0 Å². The second-order valence-electron chi connectivity index (χ2n) is 14.9. The van der Waals surface area contributed by atoms with Gasteiger partial charge in [-0.15, -0.1) is 0 Å². The van der Waals surface area contributed by atoms with Crippen molar-refractivity contribution in [1.82, 2.24) is 0 Å². The van der Waals surface area contributed by atoms with Crippen molar-refractivity contribution in [2.45, 2.75) is 105 Å². The monoisotopic (exact) mass is 532 g/mol. The lowest BCUT2D eigenvalue weighted by Gasteiger charge is -2.71. The van der Waals surface area contributed by atoms with Crippen LogP contribution in [0.3, 0.4) is 0 Å². The molecule has 0 saturated heterocycles. The Kier molecular flexibility index (Phi) is 6.31. The van der Waals surface area contributed by atoms with Crippen LogP contribution in [0.4, 0.5) is 0 Å². The van der Waals surface area contributed by atoms with Crippen molar-refractivity contribution in [1.29, 1.82) is 0 Å². The van der Waals surface area contributed by atoms with Gasteiger partial charge in [-0.05, 0) is 98.7 Å². The van der Waals surface area contributed by atoms with Crippen LogP contribution in [0.15, 0.2) is 11.6 Å². The number of aliphatic hydroxyl groups excluding tert-OH is 3. The number of allylic oxidation sites excluding steroid dienone is 2. The van der Waals surface area contributed by atoms with E-state index in [4.69, 9.17) is 4.74 Å². The number of carboxylic acids is 1. The Hall–Kier alpha value is -1.44. The largest absolute Gasteiger partial charge is 0.481 e. The van der Waals surface area contributed by atoms with Crippen molar-refractivity contribution >= 4 is 11.9 Å². The van der Waals surface area contributed by atoms with Crippen molar-refractivity contribution in [2.24, 2.45) is 50.2 Å². The minimum Gasteiger partial charge on any atom is -0.481 e. The molecule has 0 aliphatic heterocycles. The zero-order valence-corrected chi connectivity index (χ0v) is 24.0. The second kappa shape index (κ2) is 8.53. The van der Waals surface area contributed by atoms with E-state index < -0.39 is 34.4 Å². The van der Waals surface area contributed by atoms with Crippen LogP contribution < -0.4 is 0 Å². The number of aliphatic hydroxyl groups is 3. The van der Waals surface area contributed by atoms with Gasteiger partial charge in [-0.1, -0.05) is 39.3 Å². The van der Waals surface area contributed by atoms with Gasteiger partial charge in [-0.25, -0.2) is 0 Å². The molecular formula is C31H48O7. The standard InChI is InChI=1S/C31H48O7/c1-26(25(37)38-6)11-13-31(24(35)36)14-12-29(4)18(19(31)15-26)7-8-22-27(2)16-20(33)23(34)28(3,17-32)21(27)9-10-30(22,29)5/h7,19-23,32-34H,8-17H2,1-6H3,(H,35,36)/t19-,20+,21-,22-,23+,26-,27-,28-,29-,30+,31+/m1/s1. The van der Waals surface area contributed by atoms with E-state index in [9.17, 15) is 30.0 Å².